The van der Waals surface area contributed by atoms with Crippen LogP contribution in [0, 0.1) is 0 Å². The van der Waals surface area contributed by atoms with Crippen molar-refractivity contribution in [1.29, 1.82) is 0 Å². The van der Waals surface area contributed by atoms with Crippen LogP contribution in [0.25, 0.3) is 0 Å². The highest BCUT2D eigenvalue weighted by Gasteiger charge is 2.22. The molecule has 1 heterocycles. The molecule has 1 saturated heterocycles. The molecular weight excluding hydrogens is 374 g/mol. The summed E-state index contributed by atoms with van der Waals surface area (Å²) >= 11 is 6.14. The van der Waals surface area contributed by atoms with Gasteiger partial charge in [-0.05, 0) is 24.6 Å². The average molecular weight is 395 g/mol. The summed E-state index contributed by atoms with van der Waals surface area (Å²) in [5, 5.41) is 0.446. The number of amides is 1. The molecule has 0 radical (unpaired) electrons. The number of rotatable bonds is 5. The third-order valence-corrected chi connectivity index (χ3v) is 4.89. The summed E-state index contributed by atoms with van der Waals surface area (Å²) in [7, 11) is 0. The Hall–Kier alpha value is -2.18. The molecule has 0 spiro atoms. The van der Waals surface area contributed by atoms with Gasteiger partial charge in [0, 0.05) is 38.3 Å². The van der Waals surface area contributed by atoms with E-state index in [9.17, 15) is 13.6 Å². The van der Waals surface area contributed by atoms with Gasteiger partial charge in [0.2, 0.25) is 0 Å². The smallest absolute Gasteiger partial charge is 0.387 e. The van der Waals surface area contributed by atoms with Gasteiger partial charge in [-0.15, -0.1) is 0 Å². The van der Waals surface area contributed by atoms with Crippen molar-refractivity contribution < 1.29 is 18.3 Å². The van der Waals surface area contributed by atoms with E-state index in [-0.39, 0.29) is 11.7 Å². The van der Waals surface area contributed by atoms with E-state index in [1.54, 1.807) is 53.4 Å². The van der Waals surface area contributed by atoms with Crippen molar-refractivity contribution in [3.05, 3.63) is 64.7 Å². The lowest BCUT2D eigenvalue weighted by Gasteiger charge is -2.23. The van der Waals surface area contributed by atoms with Gasteiger partial charge in [0.05, 0.1) is 10.6 Å². The van der Waals surface area contributed by atoms with Gasteiger partial charge in [-0.25, -0.2) is 0 Å². The number of hydrogen-bond donors (Lipinski definition) is 0. The summed E-state index contributed by atoms with van der Waals surface area (Å²) in [5.74, 6) is 0.115. The number of benzene rings is 2. The molecule has 4 nitrogen and oxygen atoms in total. The Kier molecular flexibility index (Phi) is 6.63. The first-order chi connectivity index (χ1) is 13.0. The molecule has 3 rings (SSSR count). The summed E-state index contributed by atoms with van der Waals surface area (Å²) in [5.41, 5.74) is 1.21. The molecule has 1 aliphatic rings. The maximum Gasteiger partial charge on any atom is 0.387 e. The summed E-state index contributed by atoms with van der Waals surface area (Å²) in [4.78, 5) is 16.7. The molecule has 144 valence electrons. The quantitative estimate of drug-likeness (QED) is 0.758. The van der Waals surface area contributed by atoms with Crippen LogP contribution in [-0.2, 0) is 6.54 Å². The van der Waals surface area contributed by atoms with Crippen LogP contribution in [0.2, 0.25) is 5.02 Å². The monoisotopic (exact) mass is 394 g/mol. The Bertz CT molecular complexity index is 788. The number of carbonyl (C=O) groups excluding carboxylic acids is 1. The van der Waals surface area contributed by atoms with E-state index in [1.807, 2.05) is 0 Å². The second-order valence-corrected chi connectivity index (χ2v) is 6.80. The van der Waals surface area contributed by atoms with Crippen molar-refractivity contribution in [2.24, 2.45) is 0 Å². The number of para-hydroxylation sites is 1. The predicted molar refractivity (Wildman–Crippen MR) is 100 cm³/mol. The van der Waals surface area contributed by atoms with E-state index in [0.29, 0.717) is 42.3 Å². The first-order valence-corrected chi connectivity index (χ1v) is 9.21. The second-order valence-electron chi connectivity index (χ2n) is 6.39. The molecule has 1 aliphatic heterocycles. The molecular formula is C20H21ClF2N2O2. The van der Waals surface area contributed by atoms with Crippen LogP contribution in [0.15, 0.2) is 48.5 Å². The minimum absolute atomic E-state index is 0.0797. The van der Waals surface area contributed by atoms with Crippen LogP contribution in [-0.4, -0.2) is 48.5 Å². The van der Waals surface area contributed by atoms with Crippen molar-refractivity contribution in [2.75, 3.05) is 26.2 Å². The fourth-order valence-electron chi connectivity index (χ4n) is 3.22. The molecule has 0 N–H and O–H groups in total. The minimum atomic E-state index is -2.85. The average Bonchev–Trinajstić information content (AvgIpc) is 2.88. The van der Waals surface area contributed by atoms with Crippen LogP contribution in [0.1, 0.15) is 22.3 Å². The van der Waals surface area contributed by atoms with Gasteiger partial charge in [-0.3, -0.25) is 9.69 Å². The van der Waals surface area contributed by atoms with Gasteiger partial charge < -0.3 is 9.64 Å². The molecule has 0 unspecified atom stereocenters. The lowest BCUT2D eigenvalue weighted by molar-refractivity contribution is -0.0507. The first kappa shape index (κ1) is 19.6. The molecule has 7 heteroatoms. The second kappa shape index (κ2) is 9.15. The Morgan fingerprint density at radius 2 is 1.78 bits per heavy atom. The van der Waals surface area contributed by atoms with Crippen molar-refractivity contribution in [2.45, 2.75) is 19.6 Å². The highest BCUT2D eigenvalue weighted by molar-refractivity contribution is 6.33. The molecule has 0 atom stereocenters. The van der Waals surface area contributed by atoms with Crippen molar-refractivity contribution >= 4 is 17.5 Å². The van der Waals surface area contributed by atoms with Crippen molar-refractivity contribution in [3.63, 3.8) is 0 Å². The van der Waals surface area contributed by atoms with Crippen LogP contribution >= 0.6 is 11.6 Å². The molecule has 2 aromatic rings. The maximum absolute atomic E-state index is 12.7. The predicted octanol–water partition coefficient (Wildman–Crippen LogP) is 4.29. The standard InChI is InChI=1S/C20H21ClF2N2O2/c21-17-8-3-2-7-16(17)19(26)25-11-5-10-24(12-13-25)14-15-6-1-4-9-18(15)27-20(22)23/h1-4,6-9,20H,5,10-14H2. The number of ether oxygens (including phenoxy) is 1. The Morgan fingerprint density at radius 3 is 2.56 bits per heavy atom. The van der Waals surface area contributed by atoms with Crippen LogP contribution in [0.4, 0.5) is 8.78 Å². The highest BCUT2D eigenvalue weighted by atomic mass is 35.5. The number of halogens is 3. The first-order valence-electron chi connectivity index (χ1n) is 8.83. The van der Waals surface area contributed by atoms with Gasteiger partial charge in [0.15, 0.2) is 0 Å². The number of nitrogens with zero attached hydrogens (tertiary/aromatic N) is 2. The van der Waals surface area contributed by atoms with Crippen LogP contribution in [0.3, 0.4) is 0 Å². The molecule has 0 bridgehead atoms. The molecule has 0 aromatic heterocycles. The van der Waals surface area contributed by atoms with Gasteiger partial charge in [-0.1, -0.05) is 41.9 Å². The van der Waals surface area contributed by atoms with E-state index < -0.39 is 6.61 Å². The van der Waals surface area contributed by atoms with Crippen LogP contribution < -0.4 is 4.74 Å². The van der Waals surface area contributed by atoms with Crippen LogP contribution in [0.5, 0.6) is 5.75 Å². The Morgan fingerprint density at radius 1 is 1.04 bits per heavy atom. The normalized spacial score (nSPS) is 15.6. The molecule has 1 fully saturated rings. The van der Waals surface area contributed by atoms with Gasteiger partial charge in [0.1, 0.15) is 5.75 Å². The number of alkyl halides is 2. The van der Waals surface area contributed by atoms with E-state index in [4.69, 9.17) is 11.6 Å². The molecule has 0 saturated carbocycles. The topological polar surface area (TPSA) is 32.8 Å². The zero-order valence-corrected chi connectivity index (χ0v) is 15.5. The fourth-order valence-corrected chi connectivity index (χ4v) is 3.44. The van der Waals surface area contributed by atoms with Gasteiger partial charge >= 0.3 is 6.61 Å². The Labute approximate surface area is 162 Å². The Balaban J connectivity index is 1.64. The molecule has 0 aliphatic carbocycles. The summed E-state index contributed by atoms with van der Waals surface area (Å²) < 4.78 is 29.8. The third kappa shape index (κ3) is 5.17. The number of hydrogen-bond acceptors (Lipinski definition) is 3. The maximum atomic E-state index is 12.7. The third-order valence-electron chi connectivity index (χ3n) is 4.56. The van der Waals surface area contributed by atoms with Gasteiger partial charge in [0.25, 0.3) is 5.91 Å². The fraction of sp³-hybridized carbons (Fsp3) is 0.350. The zero-order valence-electron chi connectivity index (χ0n) is 14.8. The molecule has 2 aromatic carbocycles. The lowest BCUT2D eigenvalue weighted by Crippen LogP contribution is -2.35. The molecule has 27 heavy (non-hydrogen) atoms. The van der Waals surface area contributed by atoms with Gasteiger partial charge in [-0.2, -0.15) is 8.78 Å². The largest absolute Gasteiger partial charge is 0.434 e. The number of carbonyl (C=O) groups is 1. The van der Waals surface area contributed by atoms with Crippen molar-refractivity contribution in [3.8, 4) is 5.75 Å². The van der Waals surface area contributed by atoms with E-state index in [0.717, 1.165) is 13.0 Å². The van der Waals surface area contributed by atoms with Crippen molar-refractivity contribution in [1.82, 2.24) is 9.80 Å². The summed E-state index contributed by atoms with van der Waals surface area (Å²) in [6, 6.07) is 13.8. The zero-order chi connectivity index (χ0) is 19.2. The van der Waals surface area contributed by atoms with E-state index in [2.05, 4.69) is 9.64 Å². The summed E-state index contributed by atoms with van der Waals surface area (Å²) in [6.45, 7) is 0.266. The highest BCUT2D eigenvalue weighted by Crippen LogP contribution is 2.23. The van der Waals surface area contributed by atoms with E-state index >= 15 is 0 Å². The summed E-state index contributed by atoms with van der Waals surface area (Å²) in [6.07, 6.45) is 0.800. The minimum Gasteiger partial charge on any atom is -0.434 e. The lowest BCUT2D eigenvalue weighted by atomic mass is 10.2. The molecule has 1 amide bonds. The SMILES string of the molecule is O=C(c1ccccc1Cl)N1CCCN(Cc2ccccc2OC(F)F)CC1. The van der Waals surface area contributed by atoms with E-state index in [1.165, 1.54) is 0 Å².